The molecule has 0 radical (unpaired) electrons. The number of rotatable bonds is 5. The first-order valence-corrected chi connectivity index (χ1v) is 9.23. The van der Waals surface area contributed by atoms with Crippen LogP contribution < -0.4 is 5.32 Å². The zero-order valence-electron chi connectivity index (χ0n) is 13.9. The summed E-state index contributed by atoms with van der Waals surface area (Å²) in [5.74, 6) is -0.0101. The van der Waals surface area contributed by atoms with E-state index < -0.39 is 0 Å². The zero-order valence-corrected chi connectivity index (χ0v) is 16.3. The Labute approximate surface area is 157 Å². The summed E-state index contributed by atoms with van der Waals surface area (Å²) >= 11 is 4.95. The van der Waals surface area contributed by atoms with E-state index >= 15 is 0 Å². The highest BCUT2D eigenvalue weighted by Crippen LogP contribution is 2.28. The molecule has 2 N–H and O–H groups in total. The zero-order chi connectivity index (χ0) is 18.0. The number of hydrogen-bond acceptors (Lipinski definition) is 5. The maximum atomic E-state index is 12.4. The van der Waals surface area contributed by atoms with Gasteiger partial charge in [0.15, 0.2) is 10.9 Å². The molecule has 9 heteroatoms. The van der Waals surface area contributed by atoms with Crippen LogP contribution in [0, 0.1) is 0 Å². The predicted molar refractivity (Wildman–Crippen MR) is 99.9 cm³/mol. The summed E-state index contributed by atoms with van der Waals surface area (Å²) in [5, 5.41) is 18.6. The first kappa shape index (κ1) is 17.7. The van der Waals surface area contributed by atoms with Crippen LogP contribution in [0.15, 0.2) is 45.1 Å². The average molecular weight is 421 g/mol. The fourth-order valence-electron chi connectivity index (χ4n) is 2.14. The standard InChI is InChI=1S/C16H17BrN6OS/c1-9(2)13-12(17)14(21-20-13)15(24)19-10-4-6-11(7-5-10)25-16-22-18-8-23(16)3/h4-9H,1-3H3,(H,19,24)(H,20,21). The molecule has 130 valence electrons. The maximum Gasteiger partial charge on any atom is 0.277 e. The van der Waals surface area contributed by atoms with E-state index in [0.29, 0.717) is 15.9 Å². The van der Waals surface area contributed by atoms with E-state index in [1.165, 1.54) is 11.8 Å². The van der Waals surface area contributed by atoms with Crippen LogP contribution in [0.4, 0.5) is 5.69 Å². The van der Waals surface area contributed by atoms with Crippen LogP contribution in [0.2, 0.25) is 0 Å². The van der Waals surface area contributed by atoms with Crippen molar-refractivity contribution >= 4 is 39.3 Å². The summed E-state index contributed by atoms with van der Waals surface area (Å²) in [6, 6.07) is 7.54. The molecule has 3 rings (SSSR count). The number of benzene rings is 1. The van der Waals surface area contributed by atoms with Gasteiger partial charge in [-0.3, -0.25) is 9.89 Å². The van der Waals surface area contributed by atoms with Crippen molar-refractivity contribution in [3.05, 3.63) is 46.5 Å². The summed E-state index contributed by atoms with van der Waals surface area (Å²) in [4.78, 5) is 13.4. The van der Waals surface area contributed by atoms with Crippen molar-refractivity contribution in [1.29, 1.82) is 0 Å². The van der Waals surface area contributed by atoms with Gasteiger partial charge in [0.1, 0.15) is 6.33 Å². The molecule has 0 aliphatic rings. The minimum absolute atomic E-state index is 0.250. The number of nitrogens with zero attached hydrogens (tertiary/aromatic N) is 4. The van der Waals surface area contributed by atoms with Gasteiger partial charge >= 0.3 is 0 Å². The second kappa shape index (κ2) is 7.40. The molecule has 25 heavy (non-hydrogen) atoms. The first-order valence-electron chi connectivity index (χ1n) is 7.62. The molecule has 0 saturated heterocycles. The van der Waals surface area contributed by atoms with Gasteiger partial charge in [-0.2, -0.15) is 5.10 Å². The van der Waals surface area contributed by atoms with E-state index in [0.717, 1.165) is 15.7 Å². The van der Waals surface area contributed by atoms with Crippen molar-refractivity contribution in [3.63, 3.8) is 0 Å². The average Bonchev–Trinajstić information content (AvgIpc) is 3.15. The second-order valence-corrected chi connectivity index (χ2v) is 7.59. The van der Waals surface area contributed by atoms with Gasteiger partial charge < -0.3 is 9.88 Å². The molecule has 3 aromatic rings. The van der Waals surface area contributed by atoms with Crippen molar-refractivity contribution in [1.82, 2.24) is 25.0 Å². The fourth-order valence-corrected chi connectivity index (χ4v) is 3.72. The number of anilines is 1. The molecular weight excluding hydrogens is 404 g/mol. The Bertz CT molecular complexity index is 886. The molecule has 1 aromatic carbocycles. The number of nitrogens with one attached hydrogen (secondary N) is 2. The van der Waals surface area contributed by atoms with Gasteiger partial charge in [0.05, 0.1) is 10.2 Å². The Morgan fingerprint density at radius 2 is 2.04 bits per heavy atom. The van der Waals surface area contributed by atoms with Gasteiger partial charge in [0.25, 0.3) is 5.91 Å². The maximum absolute atomic E-state index is 12.4. The Morgan fingerprint density at radius 1 is 1.32 bits per heavy atom. The van der Waals surface area contributed by atoms with E-state index in [-0.39, 0.29) is 11.8 Å². The van der Waals surface area contributed by atoms with Gasteiger partial charge in [-0.1, -0.05) is 13.8 Å². The number of aromatic amines is 1. The summed E-state index contributed by atoms with van der Waals surface area (Å²) in [6.07, 6.45) is 1.66. The molecule has 0 saturated carbocycles. The van der Waals surface area contributed by atoms with E-state index in [9.17, 15) is 4.79 Å². The van der Waals surface area contributed by atoms with Crippen LogP contribution in [-0.4, -0.2) is 30.9 Å². The lowest BCUT2D eigenvalue weighted by Crippen LogP contribution is -2.13. The van der Waals surface area contributed by atoms with Gasteiger partial charge in [-0.25, -0.2) is 0 Å². The van der Waals surface area contributed by atoms with Crippen molar-refractivity contribution in [2.75, 3.05) is 5.32 Å². The Hall–Kier alpha value is -2.13. The number of carbonyl (C=O) groups is 1. The molecule has 0 bridgehead atoms. The normalized spacial score (nSPS) is 11.1. The quantitative estimate of drug-likeness (QED) is 0.654. The molecular formula is C16H17BrN6OS. The highest BCUT2D eigenvalue weighted by atomic mass is 79.9. The largest absolute Gasteiger partial charge is 0.321 e. The lowest BCUT2D eigenvalue weighted by Gasteiger charge is -2.06. The molecule has 1 amide bonds. The third kappa shape index (κ3) is 3.93. The highest BCUT2D eigenvalue weighted by Gasteiger charge is 2.19. The minimum atomic E-state index is -0.260. The van der Waals surface area contributed by atoms with Gasteiger partial charge in [-0.05, 0) is 57.9 Å². The number of H-pyrrole nitrogens is 1. The summed E-state index contributed by atoms with van der Waals surface area (Å²) < 4.78 is 2.55. The number of amides is 1. The van der Waals surface area contributed by atoms with Crippen LogP contribution in [0.3, 0.4) is 0 Å². The molecule has 0 atom stereocenters. The summed E-state index contributed by atoms with van der Waals surface area (Å²) in [6.45, 7) is 4.07. The number of aromatic nitrogens is 5. The summed E-state index contributed by atoms with van der Waals surface area (Å²) in [5.41, 5.74) is 1.95. The fraction of sp³-hybridized carbons (Fsp3) is 0.250. The smallest absolute Gasteiger partial charge is 0.277 e. The predicted octanol–water partition coefficient (Wildman–Crippen LogP) is 3.83. The molecule has 0 spiro atoms. The SMILES string of the molecule is CC(C)c1[nH]nc(C(=O)Nc2ccc(Sc3nncn3C)cc2)c1Br. The molecule has 7 nitrogen and oxygen atoms in total. The van der Waals surface area contributed by atoms with E-state index in [4.69, 9.17) is 0 Å². The van der Waals surface area contributed by atoms with E-state index in [2.05, 4.69) is 41.6 Å². The Kier molecular flexibility index (Phi) is 5.24. The second-order valence-electron chi connectivity index (χ2n) is 5.76. The van der Waals surface area contributed by atoms with Gasteiger partial charge in [0, 0.05) is 17.6 Å². The van der Waals surface area contributed by atoms with E-state index in [1.54, 1.807) is 6.33 Å². The van der Waals surface area contributed by atoms with Crippen molar-refractivity contribution < 1.29 is 4.79 Å². The molecule has 0 fully saturated rings. The first-order chi connectivity index (χ1) is 12.0. The van der Waals surface area contributed by atoms with E-state index in [1.807, 2.05) is 49.7 Å². The molecule has 0 aliphatic heterocycles. The topological polar surface area (TPSA) is 88.5 Å². The number of aryl methyl sites for hydroxylation is 1. The molecule has 0 aliphatic carbocycles. The molecule has 0 unspecified atom stereocenters. The van der Waals surface area contributed by atoms with Gasteiger partial charge in [-0.15, -0.1) is 10.2 Å². The third-order valence-corrected chi connectivity index (χ3v) is 5.38. The lowest BCUT2D eigenvalue weighted by molar-refractivity contribution is 0.102. The number of carbonyl (C=O) groups excluding carboxylic acids is 1. The van der Waals surface area contributed by atoms with Crippen molar-refractivity contribution in [2.45, 2.75) is 29.8 Å². The van der Waals surface area contributed by atoms with Gasteiger partial charge in [0.2, 0.25) is 0 Å². The van der Waals surface area contributed by atoms with Crippen LogP contribution in [0.25, 0.3) is 0 Å². The van der Waals surface area contributed by atoms with Crippen LogP contribution >= 0.6 is 27.7 Å². The highest BCUT2D eigenvalue weighted by molar-refractivity contribution is 9.10. The van der Waals surface area contributed by atoms with Crippen molar-refractivity contribution in [3.8, 4) is 0 Å². The lowest BCUT2D eigenvalue weighted by atomic mass is 10.1. The number of hydrogen-bond donors (Lipinski definition) is 2. The summed E-state index contributed by atoms with van der Waals surface area (Å²) in [7, 11) is 1.89. The monoisotopic (exact) mass is 420 g/mol. The Morgan fingerprint density at radius 3 is 2.60 bits per heavy atom. The van der Waals surface area contributed by atoms with Crippen LogP contribution in [-0.2, 0) is 7.05 Å². The Balaban J connectivity index is 1.69. The van der Waals surface area contributed by atoms with Crippen LogP contribution in [0.5, 0.6) is 0 Å². The number of halogens is 1. The molecule has 2 aromatic heterocycles. The van der Waals surface area contributed by atoms with Crippen LogP contribution in [0.1, 0.15) is 35.9 Å². The minimum Gasteiger partial charge on any atom is -0.321 e. The van der Waals surface area contributed by atoms with Crippen molar-refractivity contribution in [2.24, 2.45) is 7.05 Å². The third-order valence-electron chi connectivity index (χ3n) is 3.52. The molecule has 2 heterocycles.